The van der Waals surface area contributed by atoms with Gasteiger partial charge in [0.25, 0.3) is 0 Å². The fourth-order valence-electron chi connectivity index (χ4n) is 3.63. The number of carbonyl (C=O) groups is 1. The zero-order valence-corrected chi connectivity index (χ0v) is 16.2. The zero-order valence-electron chi connectivity index (χ0n) is 14.7. The molecule has 2 aromatic heterocycles. The summed E-state index contributed by atoms with van der Waals surface area (Å²) >= 11 is 7.57. The number of fused-ring (bicyclic) bond motifs is 3. The minimum Gasteiger partial charge on any atom is -0.353 e. The van der Waals surface area contributed by atoms with Crippen molar-refractivity contribution in [1.82, 2.24) is 19.9 Å². The van der Waals surface area contributed by atoms with Gasteiger partial charge < -0.3 is 5.32 Å². The molecule has 0 spiro atoms. The number of amides is 1. The lowest BCUT2D eigenvalue weighted by atomic mass is 9.95. The van der Waals surface area contributed by atoms with Gasteiger partial charge in [0.15, 0.2) is 10.8 Å². The van der Waals surface area contributed by atoms with Crippen LogP contribution in [0.1, 0.15) is 37.7 Å². The van der Waals surface area contributed by atoms with E-state index in [0.717, 1.165) is 40.1 Å². The Morgan fingerprint density at radius 2 is 2.08 bits per heavy atom. The van der Waals surface area contributed by atoms with Crippen LogP contribution in [-0.2, 0) is 4.79 Å². The fourth-order valence-corrected chi connectivity index (χ4v) is 4.57. The summed E-state index contributed by atoms with van der Waals surface area (Å²) < 4.78 is 2.00. The van der Waals surface area contributed by atoms with E-state index in [1.54, 1.807) is 0 Å². The fraction of sp³-hybridized carbons (Fsp3) is 0.421. The number of carbonyl (C=O) groups excluding carboxylic acids is 1. The summed E-state index contributed by atoms with van der Waals surface area (Å²) in [5.74, 6) is 0.415. The van der Waals surface area contributed by atoms with Crippen molar-refractivity contribution in [2.24, 2.45) is 0 Å². The van der Waals surface area contributed by atoms with Gasteiger partial charge in [-0.1, -0.05) is 42.6 Å². The first-order valence-electron chi connectivity index (χ1n) is 8.98. The van der Waals surface area contributed by atoms with Crippen molar-refractivity contribution < 1.29 is 4.79 Å². The first-order chi connectivity index (χ1) is 12.6. The predicted octanol–water partition coefficient (Wildman–Crippen LogP) is 4.39. The number of aryl methyl sites for hydroxylation is 1. The average molecular weight is 389 g/mol. The number of thioether (sulfide) groups is 1. The van der Waals surface area contributed by atoms with E-state index in [4.69, 9.17) is 11.6 Å². The minimum atomic E-state index is 0.0677. The van der Waals surface area contributed by atoms with Gasteiger partial charge in [0, 0.05) is 16.5 Å². The minimum absolute atomic E-state index is 0.0677. The summed E-state index contributed by atoms with van der Waals surface area (Å²) in [6.45, 7) is 2.04. The van der Waals surface area contributed by atoms with E-state index in [9.17, 15) is 4.79 Å². The lowest BCUT2D eigenvalue weighted by Crippen LogP contribution is -2.37. The molecule has 7 heteroatoms. The van der Waals surface area contributed by atoms with Crippen LogP contribution in [0.3, 0.4) is 0 Å². The van der Waals surface area contributed by atoms with Gasteiger partial charge in [0.2, 0.25) is 5.91 Å². The molecule has 1 amide bonds. The Morgan fingerprint density at radius 3 is 2.88 bits per heavy atom. The van der Waals surface area contributed by atoms with Crippen molar-refractivity contribution in [1.29, 1.82) is 0 Å². The van der Waals surface area contributed by atoms with Gasteiger partial charge in [-0.15, -0.1) is 10.2 Å². The topological polar surface area (TPSA) is 59.3 Å². The van der Waals surface area contributed by atoms with Crippen molar-refractivity contribution >= 4 is 45.8 Å². The van der Waals surface area contributed by atoms with Gasteiger partial charge in [-0.25, -0.2) is 0 Å². The summed E-state index contributed by atoms with van der Waals surface area (Å²) in [5, 5.41) is 14.2. The number of nitrogens with zero attached hydrogens (tertiary/aromatic N) is 3. The molecular weight excluding hydrogens is 368 g/mol. The Bertz CT molecular complexity index is 965. The van der Waals surface area contributed by atoms with Gasteiger partial charge in [0.1, 0.15) is 0 Å². The summed E-state index contributed by atoms with van der Waals surface area (Å²) in [6, 6.07) is 8.13. The van der Waals surface area contributed by atoms with Crippen LogP contribution < -0.4 is 5.32 Å². The number of pyridine rings is 1. The number of nitrogens with one attached hydrogen (secondary N) is 1. The van der Waals surface area contributed by atoms with Crippen LogP contribution in [-0.4, -0.2) is 32.3 Å². The molecule has 26 heavy (non-hydrogen) atoms. The standard InChI is InChI=1S/C19H21ClN4OS/c1-12-9-17-22-23-19(24(17)16-8-7-13(20)10-15(12)16)26-11-18(25)21-14-5-3-2-4-6-14/h7-10,14H,2-6,11H2,1H3,(H,21,25). The van der Waals surface area contributed by atoms with Crippen molar-refractivity contribution in [3.8, 4) is 0 Å². The molecule has 136 valence electrons. The van der Waals surface area contributed by atoms with Crippen LogP contribution in [0.15, 0.2) is 29.4 Å². The van der Waals surface area contributed by atoms with Gasteiger partial charge in [-0.3, -0.25) is 9.20 Å². The van der Waals surface area contributed by atoms with Crippen LogP contribution in [0.4, 0.5) is 0 Å². The average Bonchev–Trinajstić information content (AvgIpc) is 3.04. The van der Waals surface area contributed by atoms with E-state index in [-0.39, 0.29) is 5.91 Å². The molecule has 2 heterocycles. The van der Waals surface area contributed by atoms with Crippen molar-refractivity contribution in [3.05, 3.63) is 34.9 Å². The number of rotatable bonds is 4. The zero-order chi connectivity index (χ0) is 18.1. The molecule has 1 aliphatic rings. The third-order valence-electron chi connectivity index (χ3n) is 4.93. The number of benzene rings is 1. The van der Waals surface area contributed by atoms with Gasteiger partial charge in [-0.05, 0) is 49.6 Å². The molecule has 0 saturated heterocycles. The lowest BCUT2D eigenvalue weighted by molar-refractivity contribution is -0.119. The van der Waals surface area contributed by atoms with Crippen LogP contribution >= 0.6 is 23.4 Å². The van der Waals surface area contributed by atoms with Crippen LogP contribution in [0.25, 0.3) is 16.6 Å². The quantitative estimate of drug-likeness (QED) is 0.673. The molecule has 0 radical (unpaired) electrons. The Balaban J connectivity index is 1.56. The Kier molecular flexibility index (Phi) is 5.05. The van der Waals surface area contributed by atoms with E-state index >= 15 is 0 Å². The largest absolute Gasteiger partial charge is 0.353 e. The molecule has 1 aliphatic carbocycles. The maximum atomic E-state index is 12.3. The second-order valence-corrected chi connectivity index (χ2v) is 8.24. The van der Waals surface area contributed by atoms with Crippen molar-refractivity contribution in [3.63, 3.8) is 0 Å². The smallest absolute Gasteiger partial charge is 0.230 e. The highest BCUT2D eigenvalue weighted by Gasteiger charge is 2.17. The molecule has 5 nitrogen and oxygen atoms in total. The van der Waals surface area contributed by atoms with Gasteiger partial charge >= 0.3 is 0 Å². The highest BCUT2D eigenvalue weighted by Crippen LogP contribution is 2.28. The maximum absolute atomic E-state index is 12.3. The Morgan fingerprint density at radius 1 is 1.27 bits per heavy atom. The molecule has 0 bridgehead atoms. The second kappa shape index (κ2) is 7.45. The van der Waals surface area contributed by atoms with Crippen LogP contribution in [0.5, 0.6) is 0 Å². The Labute approximate surface area is 161 Å². The number of hydrogen-bond donors (Lipinski definition) is 1. The van der Waals surface area contributed by atoms with E-state index in [1.807, 2.05) is 35.6 Å². The molecule has 1 aromatic carbocycles. The molecule has 0 unspecified atom stereocenters. The van der Waals surface area contributed by atoms with Crippen molar-refractivity contribution in [2.45, 2.75) is 50.2 Å². The van der Waals surface area contributed by atoms with Crippen molar-refractivity contribution in [2.75, 3.05) is 5.75 Å². The molecule has 1 fully saturated rings. The summed E-state index contributed by atoms with van der Waals surface area (Å²) in [5.41, 5.74) is 2.89. The monoisotopic (exact) mass is 388 g/mol. The molecule has 3 aromatic rings. The number of halogens is 1. The highest BCUT2D eigenvalue weighted by atomic mass is 35.5. The maximum Gasteiger partial charge on any atom is 0.230 e. The summed E-state index contributed by atoms with van der Waals surface area (Å²) in [7, 11) is 0. The molecule has 0 aliphatic heterocycles. The second-order valence-electron chi connectivity index (χ2n) is 6.86. The Hall–Kier alpha value is -1.79. The third-order valence-corrected chi connectivity index (χ3v) is 6.10. The first kappa shape index (κ1) is 17.6. The van der Waals surface area contributed by atoms with Gasteiger partial charge in [0.05, 0.1) is 11.3 Å². The van der Waals surface area contributed by atoms with E-state index in [2.05, 4.69) is 15.5 Å². The summed E-state index contributed by atoms with van der Waals surface area (Å²) in [4.78, 5) is 12.3. The predicted molar refractivity (Wildman–Crippen MR) is 106 cm³/mol. The SMILES string of the molecule is Cc1cc2nnc(SCC(=O)NC3CCCCC3)n2c2ccc(Cl)cc12. The lowest BCUT2D eigenvalue weighted by Gasteiger charge is -2.22. The molecule has 1 saturated carbocycles. The number of hydrogen-bond acceptors (Lipinski definition) is 4. The van der Waals surface area contributed by atoms with E-state index in [1.165, 1.54) is 31.0 Å². The van der Waals surface area contributed by atoms with Crippen LogP contribution in [0, 0.1) is 6.92 Å². The van der Waals surface area contributed by atoms with Crippen LogP contribution in [0.2, 0.25) is 5.02 Å². The molecule has 1 N–H and O–H groups in total. The van der Waals surface area contributed by atoms with Gasteiger partial charge in [-0.2, -0.15) is 0 Å². The first-order valence-corrected chi connectivity index (χ1v) is 10.3. The highest BCUT2D eigenvalue weighted by molar-refractivity contribution is 7.99. The normalized spacial score (nSPS) is 15.6. The van der Waals surface area contributed by atoms with E-state index in [0.29, 0.717) is 16.8 Å². The molecule has 0 atom stereocenters. The molecule has 4 rings (SSSR count). The van der Waals surface area contributed by atoms with E-state index < -0.39 is 0 Å². The third kappa shape index (κ3) is 3.53. The number of aromatic nitrogens is 3. The summed E-state index contributed by atoms with van der Waals surface area (Å²) in [6.07, 6.45) is 5.88. The molecular formula is C19H21ClN4OS.